The lowest BCUT2D eigenvalue weighted by Crippen LogP contribution is -2.42. The number of hydrogen-bond donors (Lipinski definition) is 0. The van der Waals surface area contributed by atoms with Gasteiger partial charge in [-0.15, -0.1) is 6.58 Å². The third-order valence-electron chi connectivity index (χ3n) is 3.09. The summed E-state index contributed by atoms with van der Waals surface area (Å²) in [5.74, 6) is 0.0628. The molecule has 0 unspecified atom stereocenters. The van der Waals surface area contributed by atoms with E-state index in [1.807, 2.05) is 56.9 Å². The molecule has 1 rings (SSSR count). The van der Waals surface area contributed by atoms with Gasteiger partial charge in [-0.1, -0.05) is 24.3 Å². The molecule has 20 heavy (non-hydrogen) atoms. The zero-order chi connectivity index (χ0) is 15.1. The Hall–Kier alpha value is -1.61. The van der Waals surface area contributed by atoms with E-state index in [0.29, 0.717) is 13.2 Å². The normalized spacial score (nSPS) is 10.9. The molecule has 0 fully saturated rings. The Kier molecular flexibility index (Phi) is 6.46. The largest absolute Gasteiger partial charge is 0.373 e. The molecule has 0 radical (unpaired) electrons. The number of amides is 1. The van der Waals surface area contributed by atoms with Crippen LogP contribution in [0.25, 0.3) is 0 Å². The van der Waals surface area contributed by atoms with E-state index in [9.17, 15) is 4.79 Å². The van der Waals surface area contributed by atoms with Gasteiger partial charge in [-0.3, -0.25) is 4.79 Å². The molecule has 0 heterocycles. The van der Waals surface area contributed by atoms with Gasteiger partial charge in [-0.25, -0.2) is 0 Å². The van der Waals surface area contributed by atoms with Gasteiger partial charge in [0.2, 0.25) is 0 Å². The van der Waals surface area contributed by atoms with Crippen LogP contribution < -0.4 is 0 Å². The van der Waals surface area contributed by atoms with Gasteiger partial charge >= 0.3 is 0 Å². The lowest BCUT2D eigenvalue weighted by atomic mass is 10.1. The van der Waals surface area contributed by atoms with Crippen molar-refractivity contribution in [3.8, 4) is 0 Å². The summed E-state index contributed by atoms with van der Waals surface area (Å²) >= 11 is 0. The van der Waals surface area contributed by atoms with Gasteiger partial charge in [0.25, 0.3) is 5.91 Å². The molecule has 0 aliphatic rings. The Morgan fingerprint density at radius 2 is 1.85 bits per heavy atom. The Morgan fingerprint density at radius 3 is 2.40 bits per heavy atom. The maximum Gasteiger partial charge on any atom is 0.254 e. The highest BCUT2D eigenvalue weighted by atomic mass is 16.5. The minimum Gasteiger partial charge on any atom is -0.373 e. The second-order valence-corrected chi connectivity index (χ2v) is 5.36. The molecular formula is C17H25NO2. The fourth-order valence-electron chi connectivity index (χ4n) is 2.31. The Bertz CT molecular complexity index is 444. The first-order valence-corrected chi connectivity index (χ1v) is 7.08. The van der Waals surface area contributed by atoms with Crippen LogP contribution in [0.2, 0.25) is 0 Å². The van der Waals surface area contributed by atoms with Crippen molar-refractivity contribution in [2.24, 2.45) is 0 Å². The van der Waals surface area contributed by atoms with Gasteiger partial charge in [0.05, 0.1) is 13.2 Å². The van der Waals surface area contributed by atoms with Crippen LogP contribution in [0.3, 0.4) is 0 Å². The molecule has 0 N–H and O–H groups in total. The first kappa shape index (κ1) is 16.4. The predicted octanol–water partition coefficient (Wildman–Crippen LogP) is 3.65. The fourth-order valence-corrected chi connectivity index (χ4v) is 2.31. The van der Waals surface area contributed by atoms with Gasteiger partial charge in [0.15, 0.2) is 0 Å². The SMILES string of the molecule is C=CCOCc1ccccc1C(=O)N(C(C)C)C(C)C. The topological polar surface area (TPSA) is 29.5 Å². The average Bonchev–Trinajstić information content (AvgIpc) is 2.38. The van der Waals surface area contributed by atoms with Crippen molar-refractivity contribution < 1.29 is 9.53 Å². The van der Waals surface area contributed by atoms with E-state index in [1.165, 1.54) is 0 Å². The molecule has 1 aromatic rings. The second-order valence-electron chi connectivity index (χ2n) is 5.36. The molecule has 110 valence electrons. The summed E-state index contributed by atoms with van der Waals surface area (Å²) in [5, 5.41) is 0. The van der Waals surface area contributed by atoms with Crippen LogP contribution in [0.1, 0.15) is 43.6 Å². The molecule has 1 aromatic carbocycles. The number of rotatable bonds is 7. The van der Waals surface area contributed by atoms with Crippen molar-refractivity contribution in [1.82, 2.24) is 4.90 Å². The number of carbonyl (C=O) groups excluding carboxylic acids is 1. The summed E-state index contributed by atoms with van der Waals surface area (Å²) in [6.45, 7) is 12.7. The number of hydrogen-bond acceptors (Lipinski definition) is 2. The maximum absolute atomic E-state index is 12.7. The number of nitrogens with zero attached hydrogens (tertiary/aromatic N) is 1. The monoisotopic (exact) mass is 275 g/mol. The highest BCUT2D eigenvalue weighted by Gasteiger charge is 2.23. The zero-order valence-electron chi connectivity index (χ0n) is 12.9. The van der Waals surface area contributed by atoms with Gasteiger partial charge in [-0.2, -0.15) is 0 Å². The lowest BCUT2D eigenvalue weighted by molar-refractivity contribution is 0.0637. The molecule has 0 saturated carbocycles. The highest BCUT2D eigenvalue weighted by molar-refractivity contribution is 5.96. The van der Waals surface area contributed by atoms with Crippen LogP contribution in [-0.4, -0.2) is 29.5 Å². The lowest BCUT2D eigenvalue weighted by Gasteiger charge is -2.31. The molecule has 0 aliphatic heterocycles. The van der Waals surface area contributed by atoms with Crippen molar-refractivity contribution in [2.75, 3.05) is 6.61 Å². The molecule has 0 aliphatic carbocycles. The molecule has 0 saturated heterocycles. The summed E-state index contributed by atoms with van der Waals surface area (Å²) in [5.41, 5.74) is 1.64. The second kappa shape index (κ2) is 7.85. The van der Waals surface area contributed by atoms with E-state index in [1.54, 1.807) is 6.08 Å². The van der Waals surface area contributed by atoms with Crippen LogP contribution >= 0.6 is 0 Å². The number of benzene rings is 1. The molecule has 3 nitrogen and oxygen atoms in total. The highest BCUT2D eigenvalue weighted by Crippen LogP contribution is 2.17. The average molecular weight is 275 g/mol. The van der Waals surface area contributed by atoms with E-state index >= 15 is 0 Å². The molecule has 0 bridgehead atoms. The van der Waals surface area contributed by atoms with Crippen LogP contribution in [-0.2, 0) is 11.3 Å². The third kappa shape index (κ3) is 4.20. The zero-order valence-corrected chi connectivity index (χ0v) is 12.9. The van der Waals surface area contributed by atoms with Crippen LogP contribution in [0.5, 0.6) is 0 Å². The van der Waals surface area contributed by atoms with Crippen LogP contribution in [0, 0.1) is 0 Å². The van der Waals surface area contributed by atoms with Crippen molar-refractivity contribution in [2.45, 2.75) is 46.4 Å². The summed E-state index contributed by atoms with van der Waals surface area (Å²) in [7, 11) is 0. The van der Waals surface area contributed by atoms with Crippen molar-refractivity contribution >= 4 is 5.91 Å². The van der Waals surface area contributed by atoms with E-state index in [4.69, 9.17) is 4.74 Å². The third-order valence-corrected chi connectivity index (χ3v) is 3.09. The first-order valence-electron chi connectivity index (χ1n) is 7.08. The van der Waals surface area contributed by atoms with Crippen molar-refractivity contribution in [3.63, 3.8) is 0 Å². The predicted molar refractivity (Wildman–Crippen MR) is 82.7 cm³/mol. The van der Waals surface area contributed by atoms with E-state index in [-0.39, 0.29) is 18.0 Å². The summed E-state index contributed by atoms with van der Waals surface area (Å²) in [4.78, 5) is 14.6. The van der Waals surface area contributed by atoms with Crippen molar-refractivity contribution in [1.29, 1.82) is 0 Å². The van der Waals surface area contributed by atoms with Crippen LogP contribution in [0.4, 0.5) is 0 Å². The fraction of sp³-hybridized carbons (Fsp3) is 0.471. The number of ether oxygens (including phenoxy) is 1. The van der Waals surface area contributed by atoms with E-state index in [0.717, 1.165) is 11.1 Å². The Labute approximate surface area is 122 Å². The minimum absolute atomic E-state index is 0.0628. The quantitative estimate of drug-likeness (QED) is 0.561. The Morgan fingerprint density at radius 1 is 1.25 bits per heavy atom. The molecule has 3 heteroatoms. The van der Waals surface area contributed by atoms with Gasteiger partial charge in [0.1, 0.15) is 0 Å². The Balaban J connectivity index is 2.99. The van der Waals surface area contributed by atoms with Crippen molar-refractivity contribution in [3.05, 3.63) is 48.0 Å². The first-order chi connectivity index (χ1) is 9.49. The van der Waals surface area contributed by atoms with Gasteiger partial charge in [0, 0.05) is 17.6 Å². The molecule has 0 atom stereocenters. The van der Waals surface area contributed by atoms with Gasteiger partial charge < -0.3 is 9.64 Å². The molecule has 1 amide bonds. The van der Waals surface area contributed by atoms with E-state index < -0.39 is 0 Å². The maximum atomic E-state index is 12.7. The summed E-state index contributed by atoms with van der Waals surface area (Å²) < 4.78 is 5.47. The van der Waals surface area contributed by atoms with Gasteiger partial charge in [-0.05, 0) is 39.3 Å². The molecule has 0 aromatic heterocycles. The molecule has 0 spiro atoms. The van der Waals surface area contributed by atoms with E-state index in [2.05, 4.69) is 6.58 Å². The van der Waals surface area contributed by atoms with Crippen LogP contribution in [0.15, 0.2) is 36.9 Å². The number of carbonyl (C=O) groups is 1. The summed E-state index contributed by atoms with van der Waals surface area (Å²) in [6, 6.07) is 7.97. The summed E-state index contributed by atoms with van der Waals surface area (Å²) in [6.07, 6.45) is 1.71. The standard InChI is InChI=1S/C17H25NO2/c1-6-11-20-12-15-9-7-8-10-16(15)17(19)18(13(2)3)14(4)5/h6-10,13-14H,1,11-12H2,2-5H3. The smallest absolute Gasteiger partial charge is 0.254 e. The minimum atomic E-state index is 0.0628. The molecular weight excluding hydrogens is 250 g/mol.